The second-order valence-electron chi connectivity index (χ2n) is 7.62. The summed E-state index contributed by atoms with van der Waals surface area (Å²) in [6, 6.07) is 10.0. The number of aryl methyl sites for hydroxylation is 1. The zero-order valence-electron chi connectivity index (χ0n) is 17.8. The average molecular weight is 509 g/mol. The molecule has 0 saturated carbocycles. The highest BCUT2D eigenvalue weighted by Gasteiger charge is 2.34. The van der Waals surface area contributed by atoms with E-state index in [2.05, 4.69) is 15.4 Å². The van der Waals surface area contributed by atoms with Crippen molar-refractivity contribution in [1.82, 2.24) is 14.8 Å². The summed E-state index contributed by atoms with van der Waals surface area (Å²) in [5.41, 5.74) is 0.241. The van der Waals surface area contributed by atoms with Crippen LogP contribution in [0.4, 0.5) is 18.9 Å². The highest BCUT2D eigenvalue weighted by atomic mass is 35.5. The smallest absolute Gasteiger partial charge is 0.433 e. The molecule has 2 aromatic heterocycles. The Bertz CT molecular complexity index is 1430. The van der Waals surface area contributed by atoms with Crippen LogP contribution in [0.1, 0.15) is 33.0 Å². The van der Waals surface area contributed by atoms with Gasteiger partial charge >= 0.3 is 6.18 Å². The number of nitrogens with one attached hydrogen (secondary N) is 1. The Morgan fingerprint density at radius 1 is 1.15 bits per heavy atom. The van der Waals surface area contributed by atoms with Crippen LogP contribution < -0.4 is 5.32 Å². The summed E-state index contributed by atoms with van der Waals surface area (Å²) in [5.74, 6) is -0.707. The number of hydrogen-bond acceptors (Lipinski definition) is 4. The van der Waals surface area contributed by atoms with Gasteiger partial charge < -0.3 is 10.4 Å². The monoisotopic (exact) mass is 508 g/mol. The molecular weight excluding hydrogens is 492 g/mol. The summed E-state index contributed by atoms with van der Waals surface area (Å²) < 4.78 is 42.0. The SMILES string of the molecule is Cc1nn(Cc2ccccc2O)c(C)c1NC(=O)c1cc(C(F)(F)F)nc2c(Cl)cc(Cl)cc12. The number of pyridine rings is 1. The molecule has 4 aromatic rings. The van der Waals surface area contributed by atoms with Gasteiger partial charge in [-0.1, -0.05) is 41.4 Å². The van der Waals surface area contributed by atoms with E-state index in [1.807, 2.05) is 0 Å². The Morgan fingerprint density at radius 2 is 1.85 bits per heavy atom. The standard InChI is InChI=1S/C23H17Cl2F3N4O2/c1-11-20(12(2)32(31-11)10-13-5-3-4-6-18(13)33)30-22(34)16-9-19(23(26,27)28)29-21-15(16)7-14(24)8-17(21)25/h3-9,33H,10H2,1-2H3,(H,30,34). The maximum atomic E-state index is 13.5. The van der Waals surface area contributed by atoms with Gasteiger partial charge in [0, 0.05) is 16.0 Å². The zero-order chi connectivity index (χ0) is 24.8. The maximum absolute atomic E-state index is 13.5. The van der Waals surface area contributed by atoms with Gasteiger partial charge in [-0.2, -0.15) is 18.3 Å². The van der Waals surface area contributed by atoms with Crippen molar-refractivity contribution >= 4 is 45.7 Å². The van der Waals surface area contributed by atoms with E-state index >= 15 is 0 Å². The molecule has 4 rings (SSSR count). The molecule has 0 radical (unpaired) electrons. The second kappa shape index (κ2) is 8.81. The third kappa shape index (κ3) is 4.53. The fourth-order valence-electron chi connectivity index (χ4n) is 3.60. The molecule has 0 spiro atoms. The van der Waals surface area contributed by atoms with Crippen LogP contribution in [0.3, 0.4) is 0 Å². The van der Waals surface area contributed by atoms with Crippen molar-refractivity contribution in [3.8, 4) is 5.75 Å². The molecular formula is C23H17Cl2F3N4O2. The van der Waals surface area contributed by atoms with E-state index in [4.69, 9.17) is 23.2 Å². The first kappa shape index (κ1) is 23.8. The van der Waals surface area contributed by atoms with Crippen molar-refractivity contribution < 1.29 is 23.1 Å². The van der Waals surface area contributed by atoms with Gasteiger partial charge in [0.15, 0.2) is 0 Å². The number of phenolic OH excluding ortho intramolecular Hbond substituents is 1. The van der Waals surface area contributed by atoms with Gasteiger partial charge in [0.25, 0.3) is 5.91 Å². The summed E-state index contributed by atoms with van der Waals surface area (Å²) in [6.07, 6.45) is -4.79. The molecule has 176 valence electrons. The lowest BCUT2D eigenvalue weighted by Crippen LogP contribution is -2.17. The van der Waals surface area contributed by atoms with Crippen LogP contribution in [-0.4, -0.2) is 25.8 Å². The van der Waals surface area contributed by atoms with Crippen molar-refractivity contribution in [1.29, 1.82) is 0 Å². The predicted molar refractivity (Wildman–Crippen MR) is 124 cm³/mol. The largest absolute Gasteiger partial charge is 0.508 e. The van der Waals surface area contributed by atoms with Crippen molar-refractivity contribution in [3.05, 3.63) is 80.7 Å². The van der Waals surface area contributed by atoms with E-state index in [1.165, 1.54) is 12.1 Å². The highest BCUT2D eigenvalue weighted by Crippen LogP contribution is 2.35. The van der Waals surface area contributed by atoms with E-state index in [9.17, 15) is 23.1 Å². The molecule has 0 aliphatic heterocycles. The Hall–Kier alpha value is -3.30. The highest BCUT2D eigenvalue weighted by molar-refractivity contribution is 6.39. The quantitative estimate of drug-likeness (QED) is 0.335. The molecule has 0 aliphatic carbocycles. The van der Waals surface area contributed by atoms with E-state index in [-0.39, 0.29) is 38.8 Å². The summed E-state index contributed by atoms with van der Waals surface area (Å²) in [7, 11) is 0. The lowest BCUT2D eigenvalue weighted by molar-refractivity contribution is -0.140. The maximum Gasteiger partial charge on any atom is 0.433 e. The lowest BCUT2D eigenvalue weighted by atomic mass is 10.1. The molecule has 0 atom stereocenters. The average Bonchev–Trinajstić information content (AvgIpc) is 3.01. The molecule has 0 fully saturated rings. The minimum absolute atomic E-state index is 0.0832. The lowest BCUT2D eigenvalue weighted by Gasteiger charge is -2.13. The fraction of sp³-hybridized carbons (Fsp3) is 0.174. The van der Waals surface area contributed by atoms with Gasteiger partial charge in [-0.05, 0) is 38.1 Å². The summed E-state index contributed by atoms with van der Waals surface area (Å²) in [4.78, 5) is 16.8. The number of anilines is 1. The fourth-order valence-corrected chi connectivity index (χ4v) is 4.14. The van der Waals surface area contributed by atoms with Gasteiger partial charge in [-0.3, -0.25) is 9.48 Å². The third-order valence-electron chi connectivity index (χ3n) is 5.30. The van der Waals surface area contributed by atoms with Gasteiger partial charge in [-0.15, -0.1) is 0 Å². The molecule has 0 aliphatic rings. The number of rotatable bonds is 4. The molecule has 2 N–H and O–H groups in total. The molecule has 11 heteroatoms. The number of nitrogens with zero attached hydrogens (tertiary/aromatic N) is 3. The summed E-state index contributed by atoms with van der Waals surface area (Å²) >= 11 is 12.1. The van der Waals surface area contributed by atoms with Gasteiger partial charge in [0.05, 0.1) is 39.7 Å². The number of aromatic hydroxyl groups is 1. The molecule has 2 aromatic carbocycles. The number of phenols is 1. The molecule has 0 bridgehead atoms. The third-order valence-corrected chi connectivity index (χ3v) is 5.80. The molecule has 0 saturated heterocycles. The van der Waals surface area contributed by atoms with Crippen molar-refractivity contribution in [3.63, 3.8) is 0 Å². The second-order valence-corrected chi connectivity index (χ2v) is 8.47. The van der Waals surface area contributed by atoms with E-state index in [1.54, 1.807) is 42.8 Å². The van der Waals surface area contributed by atoms with Crippen LogP contribution in [0.5, 0.6) is 5.75 Å². The van der Waals surface area contributed by atoms with Crippen LogP contribution in [0.15, 0.2) is 42.5 Å². The number of carbonyl (C=O) groups excluding carboxylic acids is 1. The topological polar surface area (TPSA) is 80.0 Å². The van der Waals surface area contributed by atoms with Crippen molar-refractivity contribution in [2.75, 3.05) is 5.32 Å². The van der Waals surface area contributed by atoms with Crippen molar-refractivity contribution in [2.45, 2.75) is 26.6 Å². The van der Waals surface area contributed by atoms with Crippen LogP contribution in [0.25, 0.3) is 10.9 Å². The number of halogens is 5. The van der Waals surface area contributed by atoms with Crippen LogP contribution in [0.2, 0.25) is 10.0 Å². The first-order chi connectivity index (χ1) is 16.0. The normalized spacial score (nSPS) is 11.7. The minimum Gasteiger partial charge on any atom is -0.508 e. The van der Waals surface area contributed by atoms with Gasteiger partial charge in [0.1, 0.15) is 11.4 Å². The number of hydrogen-bond donors (Lipinski definition) is 2. The van der Waals surface area contributed by atoms with Crippen LogP contribution in [0, 0.1) is 13.8 Å². The molecule has 1 amide bonds. The van der Waals surface area contributed by atoms with Gasteiger partial charge in [-0.25, -0.2) is 4.98 Å². The first-order valence-corrected chi connectivity index (χ1v) is 10.7. The Balaban J connectivity index is 1.75. The number of benzene rings is 2. The molecule has 6 nitrogen and oxygen atoms in total. The number of amides is 1. The number of aromatic nitrogens is 3. The Labute approximate surface area is 201 Å². The van der Waals surface area contributed by atoms with E-state index < -0.39 is 17.8 Å². The van der Waals surface area contributed by atoms with Gasteiger partial charge in [0.2, 0.25) is 0 Å². The first-order valence-electron chi connectivity index (χ1n) is 9.95. The van der Waals surface area contributed by atoms with E-state index in [0.29, 0.717) is 28.7 Å². The predicted octanol–water partition coefficient (Wildman–Crippen LogP) is 6.38. The van der Waals surface area contributed by atoms with Crippen LogP contribution >= 0.6 is 23.2 Å². The number of carbonyl (C=O) groups is 1. The van der Waals surface area contributed by atoms with E-state index in [0.717, 1.165) is 0 Å². The zero-order valence-corrected chi connectivity index (χ0v) is 19.3. The van der Waals surface area contributed by atoms with Crippen LogP contribution in [-0.2, 0) is 12.7 Å². The number of fused-ring (bicyclic) bond motifs is 1. The number of para-hydroxylation sites is 1. The molecule has 34 heavy (non-hydrogen) atoms. The summed E-state index contributed by atoms with van der Waals surface area (Å²) in [5, 5.41) is 17.2. The minimum atomic E-state index is -4.79. The Morgan fingerprint density at radius 3 is 2.53 bits per heavy atom. The summed E-state index contributed by atoms with van der Waals surface area (Å²) in [6.45, 7) is 3.59. The Kier molecular flexibility index (Phi) is 6.18. The van der Waals surface area contributed by atoms with Crippen molar-refractivity contribution in [2.24, 2.45) is 0 Å². The number of alkyl halides is 3. The molecule has 2 heterocycles. The molecule has 0 unspecified atom stereocenters.